The van der Waals surface area contributed by atoms with Gasteiger partial charge >= 0.3 is 0 Å². The van der Waals surface area contributed by atoms with E-state index in [-0.39, 0.29) is 18.2 Å². The molecular weight excluding hydrogens is 336 g/mol. The van der Waals surface area contributed by atoms with Gasteiger partial charge in [-0.3, -0.25) is 0 Å². The number of piperidine rings is 1. The molecule has 0 spiro atoms. The average Bonchev–Trinajstić information content (AvgIpc) is 3.17. The third-order valence-electron chi connectivity index (χ3n) is 4.75. The molecule has 2 fully saturated rings. The number of aliphatic hydroxyl groups excluding tert-OH is 1. The van der Waals surface area contributed by atoms with Crippen LogP contribution in [0.2, 0.25) is 0 Å². The quantitative estimate of drug-likeness (QED) is 0.915. The van der Waals surface area contributed by atoms with Gasteiger partial charge in [0.15, 0.2) is 5.76 Å². The van der Waals surface area contributed by atoms with E-state index in [0.29, 0.717) is 23.5 Å². The molecule has 4 heterocycles. The first kappa shape index (κ1) is 15.3. The number of thiophene rings is 1. The standard InChI is InChI=1S/C15H18N2O4S2/c1-9-15(8-14(22-9)13-4-5-16-21-13)23(19,20)17-10-2-3-11(17)7-12(18)6-10/h4-5,8,10-12,18H,2-3,6-7H2,1H3/t10-,11+,12?. The molecule has 6 nitrogen and oxygen atoms in total. The molecule has 2 saturated heterocycles. The van der Waals surface area contributed by atoms with E-state index in [4.69, 9.17) is 4.52 Å². The van der Waals surface area contributed by atoms with E-state index in [9.17, 15) is 13.5 Å². The van der Waals surface area contributed by atoms with Crippen molar-refractivity contribution >= 4 is 21.4 Å². The Morgan fingerprint density at radius 2 is 2.04 bits per heavy atom. The Hall–Kier alpha value is -1.22. The molecule has 2 aliphatic rings. The Labute approximate surface area is 138 Å². The summed E-state index contributed by atoms with van der Waals surface area (Å²) in [7, 11) is -3.55. The molecule has 23 heavy (non-hydrogen) atoms. The van der Waals surface area contributed by atoms with E-state index in [1.165, 1.54) is 11.3 Å². The van der Waals surface area contributed by atoms with Gasteiger partial charge in [0.2, 0.25) is 10.0 Å². The van der Waals surface area contributed by atoms with Crippen LogP contribution in [-0.4, -0.2) is 41.2 Å². The average molecular weight is 354 g/mol. The lowest BCUT2D eigenvalue weighted by Crippen LogP contribution is -2.47. The fraction of sp³-hybridized carbons (Fsp3) is 0.533. The summed E-state index contributed by atoms with van der Waals surface area (Å²) in [4.78, 5) is 1.87. The molecule has 3 atom stereocenters. The molecular formula is C15H18N2O4S2. The number of hydrogen-bond acceptors (Lipinski definition) is 6. The molecule has 1 unspecified atom stereocenters. The number of nitrogens with zero attached hydrogens (tertiary/aromatic N) is 2. The lowest BCUT2D eigenvalue weighted by Gasteiger charge is -2.35. The van der Waals surface area contributed by atoms with Crippen LogP contribution in [0.5, 0.6) is 0 Å². The minimum atomic E-state index is -3.55. The summed E-state index contributed by atoms with van der Waals surface area (Å²) in [5.41, 5.74) is 0. The Kier molecular flexibility index (Phi) is 3.60. The number of hydrogen-bond donors (Lipinski definition) is 1. The van der Waals surface area contributed by atoms with Gasteiger partial charge in [0.1, 0.15) is 0 Å². The van der Waals surface area contributed by atoms with Crippen molar-refractivity contribution in [2.45, 2.75) is 55.7 Å². The number of aromatic nitrogens is 1. The van der Waals surface area contributed by atoms with Crippen LogP contribution in [0, 0.1) is 6.92 Å². The van der Waals surface area contributed by atoms with Crippen molar-refractivity contribution < 1.29 is 18.0 Å². The van der Waals surface area contributed by atoms with Crippen molar-refractivity contribution in [2.75, 3.05) is 0 Å². The topological polar surface area (TPSA) is 83.6 Å². The van der Waals surface area contributed by atoms with Crippen molar-refractivity contribution in [2.24, 2.45) is 0 Å². The molecule has 0 saturated carbocycles. The van der Waals surface area contributed by atoms with Crippen molar-refractivity contribution in [3.63, 3.8) is 0 Å². The Bertz CT molecular complexity index is 799. The highest BCUT2D eigenvalue weighted by atomic mass is 32.2. The highest BCUT2D eigenvalue weighted by Crippen LogP contribution is 2.42. The Morgan fingerprint density at radius 3 is 2.65 bits per heavy atom. The minimum Gasteiger partial charge on any atom is -0.393 e. The maximum atomic E-state index is 13.2. The van der Waals surface area contributed by atoms with Gasteiger partial charge in [-0.2, -0.15) is 4.31 Å². The van der Waals surface area contributed by atoms with E-state index in [2.05, 4.69) is 5.16 Å². The molecule has 2 aliphatic heterocycles. The number of fused-ring (bicyclic) bond motifs is 2. The summed E-state index contributed by atoms with van der Waals surface area (Å²) < 4.78 is 33.1. The van der Waals surface area contributed by atoms with Gasteiger partial charge in [-0.15, -0.1) is 11.3 Å². The number of aryl methyl sites for hydroxylation is 1. The number of aliphatic hydroxyl groups is 1. The van der Waals surface area contributed by atoms with Crippen LogP contribution < -0.4 is 0 Å². The van der Waals surface area contributed by atoms with Crippen LogP contribution in [0.3, 0.4) is 0 Å². The molecule has 4 rings (SSSR count). The zero-order chi connectivity index (χ0) is 16.2. The van der Waals surface area contributed by atoms with Crippen LogP contribution in [0.25, 0.3) is 10.6 Å². The molecule has 0 aliphatic carbocycles. The second-order valence-electron chi connectivity index (χ2n) is 6.25. The molecule has 2 aromatic rings. The van der Waals surface area contributed by atoms with Crippen LogP contribution >= 0.6 is 11.3 Å². The molecule has 0 amide bonds. The number of sulfonamides is 1. The summed E-state index contributed by atoms with van der Waals surface area (Å²) in [5.74, 6) is 0.580. The van der Waals surface area contributed by atoms with Crippen molar-refractivity contribution in [3.05, 3.63) is 23.2 Å². The van der Waals surface area contributed by atoms with Crippen LogP contribution in [0.4, 0.5) is 0 Å². The number of rotatable bonds is 3. The lowest BCUT2D eigenvalue weighted by molar-refractivity contribution is 0.0769. The van der Waals surface area contributed by atoms with Gasteiger partial charge in [-0.25, -0.2) is 8.42 Å². The third kappa shape index (κ3) is 2.44. The smallest absolute Gasteiger partial charge is 0.244 e. The fourth-order valence-corrected chi connectivity index (χ4v) is 7.21. The monoisotopic (exact) mass is 354 g/mol. The lowest BCUT2D eigenvalue weighted by atomic mass is 10.0. The van der Waals surface area contributed by atoms with E-state index in [1.807, 2.05) is 6.92 Å². The van der Waals surface area contributed by atoms with E-state index in [1.54, 1.807) is 22.6 Å². The summed E-state index contributed by atoms with van der Waals surface area (Å²) in [6.45, 7) is 1.82. The highest BCUT2D eigenvalue weighted by Gasteiger charge is 2.47. The third-order valence-corrected chi connectivity index (χ3v) is 8.08. The molecule has 1 N–H and O–H groups in total. The Balaban J connectivity index is 1.73. The molecule has 0 radical (unpaired) electrons. The molecule has 8 heteroatoms. The Morgan fingerprint density at radius 1 is 1.35 bits per heavy atom. The first-order valence-electron chi connectivity index (χ1n) is 7.70. The van der Waals surface area contributed by atoms with Crippen LogP contribution in [0.15, 0.2) is 27.7 Å². The molecule has 2 bridgehead atoms. The van der Waals surface area contributed by atoms with Crippen LogP contribution in [0.1, 0.15) is 30.6 Å². The van der Waals surface area contributed by atoms with Gasteiger partial charge in [-0.1, -0.05) is 5.16 Å². The van der Waals surface area contributed by atoms with Crippen LogP contribution in [-0.2, 0) is 10.0 Å². The fourth-order valence-electron chi connectivity index (χ4n) is 3.80. The molecule has 124 valence electrons. The predicted octanol–water partition coefficient (Wildman–Crippen LogP) is 2.39. The maximum absolute atomic E-state index is 13.2. The highest BCUT2D eigenvalue weighted by molar-refractivity contribution is 7.89. The van der Waals surface area contributed by atoms with Gasteiger partial charge in [-0.05, 0) is 38.7 Å². The summed E-state index contributed by atoms with van der Waals surface area (Å²) >= 11 is 1.40. The van der Waals surface area contributed by atoms with E-state index >= 15 is 0 Å². The maximum Gasteiger partial charge on any atom is 0.244 e. The zero-order valence-electron chi connectivity index (χ0n) is 12.7. The second kappa shape index (κ2) is 5.41. The van der Waals surface area contributed by atoms with Gasteiger partial charge < -0.3 is 9.63 Å². The summed E-state index contributed by atoms with van der Waals surface area (Å²) in [6.07, 6.45) is 3.90. The zero-order valence-corrected chi connectivity index (χ0v) is 14.3. The second-order valence-corrected chi connectivity index (χ2v) is 9.32. The summed E-state index contributed by atoms with van der Waals surface area (Å²) in [6, 6.07) is 3.24. The van der Waals surface area contributed by atoms with Crippen molar-refractivity contribution in [1.82, 2.24) is 9.46 Å². The van der Waals surface area contributed by atoms with Gasteiger partial charge in [0.05, 0.1) is 22.1 Å². The van der Waals surface area contributed by atoms with Gasteiger partial charge in [0, 0.05) is 23.0 Å². The van der Waals surface area contributed by atoms with E-state index < -0.39 is 10.0 Å². The molecule has 0 aromatic carbocycles. The first-order valence-corrected chi connectivity index (χ1v) is 9.95. The van der Waals surface area contributed by atoms with E-state index in [0.717, 1.165) is 22.6 Å². The minimum absolute atomic E-state index is 0.0817. The largest absolute Gasteiger partial charge is 0.393 e. The van der Waals surface area contributed by atoms with Crippen molar-refractivity contribution in [1.29, 1.82) is 0 Å². The predicted molar refractivity (Wildman–Crippen MR) is 85.6 cm³/mol. The van der Waals surface area contributed by atoms with Crippen molar-refractivity contribution in [3.8, 4) is 10.6 Å². The molecule has 2 aromatic heterocycles. The SMILES string of the molecule is Cc1sc(-c2ccno2)cc1S(=O)(=O)N1[C@@H]2CC[C@H]1CC(O)C2. The summed E-state index contributed by atoms with van der Waals surface area (Å²) in [5, 5.41) is 13.6. The first-order chi connectivity index (χ1) is 11.0. The van der Waals surface area contributed by atoms with Gasteiger partial charge in [0.25, 0.3) is 0 Å². The normalized spacial score (nSPS) is 28.3.